The van der Waals surface area contributed by atoms with E-state index < -0.39 is 0 Å². The van der Waals surface area contributed by atoms with Crippen molar-refractivity contribution in [1.82, 2.24) is 29.5 Å². The zero-order valence-electron chi connectivity index (χ0n) is 18.3. The zero-order chi connectivity index (χ0) is 22.6. The Labute approximate surface area is 190 Å². The second-order valence-corrected chi connectivity index (χ2v) is 7.84. The van der Waals surface area contributed by atoms with E-state index in [1.807, 2.05) is 42.1 Å². The molecule has 1 aromatic carbocycles. The van der Waals surface area contributed by atoms with Gasteiger partial charge in [0.2, 0.25) is 5.43 Å². The van der Waals surface area contributed by atoms with Crippen LogP contribution in [0.3, 0.4) is 0 Å². The van der Waals surface area contributed by atoms with Gasteiger partial charge in [0.05, 0.1) is 30.9 Å². The van der Waals surface area contributed by atoms with Crippen LogP contribution in [0, 0.1) is 0 Å². The summed E-state index contributed by atoms with van der Waals surface area (Å²) in [5, 5.41) is 8.81. The predicted octanol–water partition coefficient (Wildman–Crippen LogP) is 2.66. The third-order valence-electron chi connectivity index (χ3n) is 5.50. The van der Waals surface area contributed by atoms with E-state index >= 15 is 0 Å². The third-order valence-corrected chi connectivity index (χ3v) is 5.50. The molecule has 1 aliphatic heterocycles. The smallest absolute Gasteiger partial charge is 0.203 e. The van der Waals surface area contributed by atoms with Crippen molar-refractivity contribution < 1.29 is 9.47 Å². The molecule has 33 heavy (non-hydrogen) atoms. The van der Waals surface area contributed by atoms with Crippen molar-refractivity contribution in [2.24, 2.45) is 0 Å². The van der Waals surface area contributed by atoms with Gasteiger partial charge in [-0.15, -0.1) is 0 Å². The molecule has 4 aromatic rings. The molecule has 0 spiro atoms. The van der Waals surface area contributed by atoms with Crippen molar-refractivity contribution in [3.63, 3.8) is 0 Å². The lowest BCUT2D eigenvalue weighted by Crippen LogP contribution is -2.32. The molecular formula is C24H24N6O3. The van der Waals surface area contributed by atoms with Crippen molar-refractivity contribution >= 4 is 0 Å². The standard InChI is InChI=1S/C24H24N6O3/c1-2-29-15-19(12-27-29)30-8-6-23(31)22(28-30)11-17-4-3-5-18(10-17)24-25-13-21(14-26-24)33-16-20-7-9-32-20/h3-6,8,10,12-15,20H,2,7,9,11,16H2,1H3. The lowest BCUT2D eigenvalue weighted by atomic mass is 10.1. The second-order valence-electron chi connectivity index (χ2n) is 7.84. The van der Waals surface area contributed by atoms with Crippen LogP contribution in [-0.2, 0) is 17.7 Å². The van der Waals surface area contributed by atoms with E-state index in [1.54, 1.807) is 29.5 Å². The van der Waals surface area contributed by atoms with Gasteiger partial charge >= 0.3 is 0 Å². The lowest BCUT2D eigenvalue weighted by Gasteiger charge is -2.25. The van der Waals surface area contributed by atoms with Crippen LogP contribution in [0.2, 0.25) is 0 Å². The summed E-state index contributed by atoms with van der Waals surface area (Å²) >= 11 is 0. The van der Waals surface area contributed by atoms with Gasteiger partial charge in [0.15, 0.2) is 11.6 Å². The van der Waals surface area contributed by atoms with Crippen LogP contribution in [0.5, 0.6) is 5.75 Å². The van der Waals surface area contributed by atoms with Gasteiger partial charge in [0.25, 0.3) is 0 Å². The molecule has 168 valence electrons. The first-order valence-corrected chi connectivity index (χ1v) is 11.0. The predicted molar refractivity (Wildman–Crippen MR) is 121 cm³/mol. The van der Waals surface area contributed by atoms with Crippen LogP contribution in [0.25, 0.3) is 17.1 Å². The summed E-state index contributed by atoms with van der Waals surface area (Å²) in [6, 6.07) is 9.35. The average molecular weight is 444 g/mol. The molecule has 0 radical (unpaired) electrons. The molecule has 0 amide bonds. The molecule has 1 saturated heterocycles. The Morgan fingerprint density at radius 2 is 2.03 bits per heavy atom. The molecular weight excluding hydrogens is 420 g/mol. The monoisotopic (exact) mass is 444 g/mol. The van der Waals surface area contributed by atoms with E-state index in [1.165, 1.54) is 6.07 Å². The van der Waals surface area contributed by atoms with E-state index in [0.29, 0.717) is 30.3 Å². The van der Waals surface area contributed by atoms with Crippen LogP contribution < -0.4 is 10.2 Å². The number of benzene rings is 1. The number of hydrogen-bond acceptors (Lipinski definition) is 7. The Kier molecular flexibility index (Phi) is 5.95. The highest BCUT2D eigenvalue weighted by atomic mass is 16.5. The molecule has 3 aromatic heterocycles. The molecule has 9 heteroatoms. The van der Waals surface area contributed by atoms with E-state index in [4.69, 9.17) is 9.47 Å². The summed E-state index contributed by atoms with van der Waals surface area (Å²) in [7, 11) is 0. The number of rotatable bonds is 8. The van der Waals surface area contributed by atoms with Crippen LogP contribution >= 0.6 is 0 Å². The minimum Gasteiger partial charge on any atom is -0.488 e. The second kappa shape index (κ2) is 9.33. The topological polar surface area (TPSA) is 97.0 Å². The van der Waals surface area contributed by atoms with E-state index in [0.717, 1.165) is 36.4 Å². The number of ether oxygens (including phenoxy) is 2. The first-order valence-electron chi connectivity index (χ1n) is 11.0. The Bertz CT molecular complexity index is 1290. The highest BCUT2D eigenvalue weighted by Gasteiger charge is 2.18. The molecule has 1 unspecified atom stereocenters. The first kappa shape index (κ1) is 21.0. The van der Waals surface area contributed by atoms with Crippen LogP contribution in [0.1, 0.15) is 24.6 Å². The molecule has 1 aliphatic rings. The Balaban J connectivity index is 1.32. The summed E-state index contributed by atoms with van der Waals surface area (Å²) in [6.45, 7) is 4.10. The number of aryl methyl sites for hydroxylation is 1. The molecule has 0 bridgehead atoms. The van der Waals surface area contributed by atoms with Crippen LogP contribution in [-0.4, -0.2) is 48.8 Å². The minimum atomic E-state index is -0.104. The Morgan fingerprint density at radius 1 is 1.18 bits per heavy atom. The first-order chi connectivity index (χ1) is 16.2. The van der Waals surface area contributed by atoms with Gasteiger partial charge in [0, 0.05) is 43.8 Å². The zero-order valence-corrected chi connectivity index (χ0v) is 18.3. The number of hydrogen-bond donors (Lipinski definition) is 0. The van der Waals surface area contributed by atoms with Gasteiger partial charge in [-0.05, 0) is 18.6 Å². The molecule has 0 saturated carbocycles. The maximum absolute atomic E-state index is 12.5. The van der Waals surface area contributed by atoms with E-state index in [9.17, 15) is 4.79 Å². The van der Waals surface area contributed by atoms with E-state index in [2.05, 4.69) is 20.2 Å². The van der Waals surface area contributed by atoms with Crippen molar-refractivity contribution in [2.45, 2.75) is 32.4 Å². The molecule has 0 N–H and O–H groups in total. The van der Waals surface area contributed by atoms with Crippen LogP contribution in [0.15, 0.2) is 66.1 Å². The van der Waals surface area contributed by atoms with Crippen molar-refractivity contribution in [1.29, 1.82) is 0 Å². The fourth-order valence-corrected chi connectivity index (χ4v) is 3.52. The maximum atomic E-state index is 12.5. The fraction of sp³-hybridized carbons (Fsp3) is 0.292. The summed E-state index contributed by atoms with van der Waals surface area (Å²) in [5.74, 6) is 1.21. The van der Waals surface area contributed by atoms with E-state index in [-0.39, 0.29) is 11.5 Å². The quantitative estimate of drug-likeness (QED) is 0.412. The molecule has 4 heterocycles. The van der Waals surface area contributed by atoms with Gasteiger partial charge in [0.1, 0.15) is 18.0 Å². The van der Waals surface area contributed by atoms with Gasteiger partial charge in [-0.25, -0.2) is 14.6 Å². The molecule has 9 nitrogen and oxygen atoms in total. The summed E-state index contributed by atoms with van der Waals surface area (Å²) in [5.41, 5.74) is 2.98. The van der Waals surface area contributed by atoms with Gasteiger partial charge in [-0.2, -0.15) is 10.2 Å². The Morgan fingerprint density at radius 3 is 2.76 bits per heavy atom. The fourth-order valence-electron chi connectivity index (χ4n) is 3.52. The van der Waals surface area contributed by atoms with Gasteiger partial charge in [-0.3, -0.25) is 9.48 Å². The SMILES string of the molecule is CCn1cc(-n2ccc(=O)c(Cc3cccc(-c4ncc(OCC5CCO5)cn4)c3)n2)cn1. The van der Waals surface area contributed by atoms with Gasteiger partial charge in [-0.1, -0.05) is 18.2 Å². The highest BCUT2D eigenvalue weighted by Crippen LogP contribution is 2.20. The van der Waals surface area contributed by atoms with Crippen LogP contribution in [0.4, 0.5) is 0 Å². The van der Waals surface area contributed by atoms with Crippen molar-refractivity contribution in [3.8, 4) is 22.8 Å². The largest absolute Gasteiger partial charge is 0.488 e. The summed E-state index contributed by atoms with van der Waals surface area (Å²) in [6.07, 6.45) is 10.2. The molecule has 1 atom stereocenters. The highest BCUT2D eigenvalue weighted by molar-refractivity contribution is 5.56. The Hall–Kier alpha value is -3.85. The van der Waals surface area contributed by atoms with Crippen molar-refractivity contribution in [2.75, 3.05) is 13.2 Å². The normalized spacial score (nSPS) is 15.2. The number of nitrogens with zero attached hydrogens (tertiary/aromatic N) is 6. The number of aromatic nitrogens is 6. The summed E-state index contributed by atoms with van der Waals surface area (Å²) < 4.78 is 14.5. The average Bonchev–Trinajstić information content (AvgIpc) is 3.30. The molecule has 1 fully saturated rings. The molecule has 5 rings (SSSR count). The summed E-state index contributed by atoms with van der Waals surface area (Å²) in [4.78, 5) is 21.3. The minimum absolute atomic E-state index is 0.104. The van der Waals surface area contributed by atoms with Crippen molar-refractivity contribution in [3.05, 3.63) is 82.8 Å². The third kappa shape index (κ3) is 4.83. The van der Waals surface area contributed by atoms with Gasteiger partial charge < -0.3 is 9.47 Å². The molecule has 0 aliphatic carbocycles. The maximum Gasteiger partial charge on any atom is 0.203 e. The lowest BCUT2D eigenvalue weighted by molar-refractivity contribution is -0.0721.